The summed E-state index contributed by atoms with van der Waals surface area (Å²) < 4.78 is 11.8. The van der Waals surface area contributed by atoms with Crippen LogP contribution in [0.4, 0.5) is 11.4 Å². The Hall–Kier alpha value is -4.50. The number of fused-ring (bicyclic) bond motifs is 2. The summed E-state index contributed by atoms with van der Waals surface area (Å²) in [5.74, 6) is -1.35. The number of amides is 3. The molecule has 0 saturated heterocycles. The summed E-state index contributed by atoms with van der Waals surface area (Å²) >= 11 is 6.13. The number of benzene rings is 3. The van der Waals surface area contributed by atoms with Crippen LogP contribution in [-0.2, 0) is 9.59 Å². The van der Waals surface area contributed by atoms with Crippen molar-refractivity contribution < 1.29 is 23.9 Å². The zero-order chi connectivity index (χ0) is 25.4. The Kier molecular flexibility index (Phi) is 5.99. The lowest BCUT2D eigenvalue weighted by molar-refractivity contribution is -0.133. The SMILES string of the molecule is Cc1ccc(NC(=O)c2cc3cc(Cl)ccc3n2NC(=O)C(=O)Nc2ccc3c(c2)OCO3)c(C)c1. The first-order valence-electron chi connectivity index (χ1n) is 11.0. The molecule has 3 aromatic carbocycles. The van der Waals surface area contributed by atoms with E-state index in [0.29, 0.717) is 38.8 Å². The average molecular weight is 505 g/mol. The van der Waals surface area contributed by atoms with Gasteiger partial charge in [0.1, 0.15) is 5.69 Å². The highest BCUT2D eigenvalue weighted by Gasteiger charge is 2.22. The molecule has 1 aliphatic rings. The zero-order valence-corrected chi connectivity index (χ0v) is 20.1. The molecule has 36 heavy (non-hydrogen) atoms. The highest BCUT2D eigenvalue weighted by Crippen LogP contribution is 2.34. The Labute approximate surface area is 210 Å². The summed E-state index contributed by atoms with van der Waals surface area (Å²) in [6.07, 6.45) is 0. The van der Waals surface area contributed by atoms with Gasteiger partial charge >= 0.3 is 11.8 Å². The predicted molar refractivity (Wildman–Crippen MR) is 136 cm³/mol. The van der Waals surface area contributed by atoms with Crippen molar-refractivity contribution in [2.75, 3.05) is 22.9 Å². The van der Waals surface area contributed by atoms with Gasteiger partial charge in [-0.15, -0.1) is 0 Å². The molecule has 0 fully saturated rings. The molecule has 0 saturated carbocycles. The topological polar surface area (TPSA) is 111 Å². The molecule has 0 unspecified atom stereocenters. The quantitative estimate of drug-likeness (QED) is 0.352. The Morgan fingerprint density at radius 2 is 1.67 bits per heavy atom. The summed E-state index contributed by atoms with van der Waals surface area (Å²) in [4.78, 5) is 38.7. The molecule has 0 atom stereocenters. The third kappa shape index (κ3) is 4.56. The smallest absolute Gasteiger partial charge is 0.328 e. The van der Waals surface area contributed by atoms with Gasteiger partial charge in [0.25, 0.3) is 5.91 Å². The van der Waals surface area contributed by atoms with E-state index >= 15 is 0 Å². The van der Waals surface area contributed by atoms with E-state index in [9.17, 15) is 14.4 Å². The van der Waals surface area contributed by atoms with Crippen molar-refractivity contribution in [3.8, 4) is 11.5 Å². The number of nitrogens with zero attached hydrogens (tertiary/aromatic N) is 1. The van der Waals surface area contributed by atoms with Gasteiger partial charge in [-0.2, -0.15) is 0 Å². The maximum absolute atomic E-state index is 13.2. The molecule has 10 heteroatoms. The minimum absolute atomic E-state index is 0.0882. The van der Waals surface area contributed by atoms with E-state index in [1.54, 1.807) is 42.5 Å². The van der Waals surface area contributed by atoms with Crippen LogP contribution in [0.3, 0.4) is 0 Å². The lowest BCUT2D eigenvalue weighted by Gasteiger charge is -2.14. The van der Waals surface area contributed by atoms with Crippen molar-refractivity contribution in [1.82, 2.24) is 4.68 Å². The molecule has 0 spiro atoms. The molecule has 1 aromatic heterocycles. The third-order valence-corrected chi connectivity index (χ3v) is 5.91. The number of rotatable bonds is 4. The molecule has 2 heterocycles. The van der Waals surface area contributed by atoms with Gasteiger partial charge in [0, 0.05) is 27.8 Å². The number of anilines is 2. The number of aryl methyl sites for hydroxylation is 2. The summed E-state index contributed by atoms with van der Waals surface area (Å²) in [6.45, 7) is 3.94. The fraction of sp³-hybridized carbons (Fsp3) is 0.115. The molecule has 3 N–H and O–H groups in total. The monoisotopic (exact) mass is 504 g/mol. The van der Waals surface area contributed by atoms with E-state index in [1.165, 1.54) is 4.68 Å². The minimum Gasteiger partial charge on any atom is -0.454 e. The Morgan fingerprint density at radius 1 is 0.861 bits per heavy atom. The number of halogens is 1. The first kappa shape index (κ1) is 23.3. The second-order valence-corrected chi connectivity index (χ2v) is 8.74. The second-order valence-electron chi connectivity index (χ2n) is 8.30. The van der Waals surface area contributed by atoms with Gasteiger partial charge in [-0.05, 0) is 61.9 Å². The van der Waals surface area contributed by atoms with Crippen molar-refractivity contribution >= 4 is 51.6 Å². The first-order valence-corrected chi connectivity index (χ1v) is 11.4. The van der Waals surface area contributed by atoms with Gasteiger partial charge in [0.05, 0.1) is 5.52 Å². The van der Waals surface area contributed by atoms with E-state index in [1.807, 2.05) is 32.0 Å². The number of aromatic nitrogens is 1. The van der Waals surface area contributed by atoms with Crippen LogP contribution in [0.15, 0.2) is 60.7 Å². The molecule has 3 amide bonds. The van der Waals surface area contributed by atoms with E-state index in [4.69, 9.17) is 21.1 Å². The van der Waals surface area contributed by atoms with Crippen molar-refractivity contribution in [3.05, 3.63) is 82.5 Å². The molecule has 0 aliphatic carbocycles. The van der Waals surface area contributed by atoms with Crippen molar-refractivity contribution in [2.24, 2.45) is 0 Å². The van der Waals surface area contributed by atoms with Crippen LogP contribution in [0.5, 0.6) is 11.5 Å². The summed E-state index contributed by atoms with van der Waals surface area (Å²) in [5, 5.41) is 6.47. The Balaban J connectivity index is 1.41. The fourth-order valence-corrected chi connectivity index (χ4v) is 4.11. The summed E-state index contributed by atoms with van der Waals surface area (Å²) in [7, 11) is 0. The Bertz CT molecular complexity index is 1550. The van der Waals surface area contributed by atoms with Gasteiger partial charge < -0.3 is 20.1 Å². The van der Waals surface area contributed by atoms with Crippen LogP contribution in [0, 0.1) is 13.8 Å². The maximum Gasteiger partial charge on any atom is 0.328 e. The highest BCUT2D eigenvalue weighted by atomic mass is 35.5. The van der Waals surface area contributed by atoms with Gasteiger partial charge in [-0.25, -0.2) is 4.68 Å². The van der Waals surface area contributed by atoms with E-state index < -0.39 is 17.7 Å². The molecule has 5 rings (SSSR count). The van der Waals surface area contributed by atoms with Crippen molar-refractivity contribution in [3.63, 3.8) is 0 Å². The number of carbonyl (C=O) groups is 3. The lowest BCUT2D eigenvalue weighted by atomic mass is 10.1. The van der Waals surface area contributed by atoms with Crippen LogP contribution >= 0.6 is 11.6 Å². The van der Waals surface area contributed by atoms with E-state index in [2.05, 4.69) is 16.1 Å². The number of ether oxygens (including phenoxy) is 2. The van der Waals surface area contributed by atoms with Gasteiger partial charge in [0.2, 0.25) is 6.79 Å². The highest BCUT2D eigenvalue weighted by molar-refractivity contribution is 6.42. The number of hydrogen-bond donors (Lipinski definition) is 3. The first-order chi connectivity index (χ1) is 17.3. The van der Waals surface area contributed by atoms with Gasteiger partial charge in [0.15, 0.2) is 11.5 Å². The van der Waals surface area contributed by atoms with Crippen LogP contribution in [-0.4, -0.2) is 29.2 Å². The predicted octanol–water partition coefficient (Wildman–Crippen LogP) is 4.60. The largest absolute Gasteiger partial charge is 0.454 e. The maximum atomic E-state index is 13.2. The van der Waals surface area contributed by atoms with Gasteiger partial charge in [-0.1, -0.05) is 29.3 Å². The van der Waals surface area contributed by atoms with Crippen LogP contribution in [0.25, 0.3) is 10.9 Å². The van der Waals surface area contributed by atoms with Crippen molar-refractivity contribution in [1.29, 1.82) is 0 Å². The Morgan fingerprint density at radius 3 is 2.47 bits per heavy atom. The standard InChI is InChI=1S/C26H21ClN4O5/c1-14-3-6-19(15(2)9-14)29-24(32)21-11-16-10-17(27)4-7-20(16)31(21)30-26(34)25(33)28-18-5-8-22-23(12-18)36-13-35-22/h3-12H,13H2,1-2H3,(H,28,33)(H,29,32)(H,30,34). The molecular formula is C26H21ClN4O5. The second kappa shape index (κ2) is 9.27. The number of nitrogens with one attached hydrogen (secondary N) is 3. The van der Waals surface area contributed by atoms with E-state index in [-0.39, 0.29) is 12.5 Å². The van der Waals surface area contributed by atoms with Gasteiger partial charge in [-0.3, -0.25) is 19.8 Å². The van der Waals surface area contributed by atoms with Crippen LogP contribution in [0.1, 0.15) is 21.6 Å². The molecule has 1 aliphatic heterocycles. The van der Waals surface area contributed by atoms with E-state index in [0.717, 1.165) is 11.1 Å². The summed E-state index contributed by atoms with van der Waals surface area (Å²) in [5.41, 5.74) is 6.08. The third-order valence-electron chi connectivity index (χ3n) is 5.68. The van der Waals surface area contributed by atoms with Crippen molar-refractivity contribution in [2.45, 2.75) is 13.8 Å². The summed E-state index contributed by atoms with van der Waals surface area (Å²) in [6, 6.07) is 17.0. The lowest BCUT2D eigenvalue weighted by Crippen LogP contribution is -2.36. The normalized spacial score (nSPS) is 11.9. The molecule has 182 valence electrons. The zero-order valence-electron chi connectivity index (χ0n) is 19.3. The fourth-order valence-electron chi connectivity index (χ4n) is 3.93. The van der Waals surface area contributed by atoms with Crippen LogP contribution < -0.4 is 25.5 Å². The molecule has 0 radical (unpaired) electrons. The number of carbonyl (C=O) groups excluding carboxylic acids is 3. The molecular weight excluding hydrogens is 484 g/mol. The minimum atomic E-state index is -0.972. The molecule has 4 aromatic rings. The molecule has 9 nitrogen and oxygen atoms in total. The molecule has 0 bridgehead atoms. The average Bonchev–Trinajstić information content (AvgIpc) is 3.44. The number of hydrogen-bond acceptors (Lipinski definition) is 5. The van der Waals surface area contributed by atoms with Crippen LogP contribution in [0.2, 0.25) is 5.02 Å².